The van der Waals surface area contributed by atoms with Gasteiger partial charge in [-0.25, -0.2) is 4.52 Å². The van der Waals surface area contributed by atoms with Crippen LogP contribution in [0.4, 0.5) is 4.39 Å². The third kappa shape index (κ3) is 3.13. The Hall–Kier alpha value is -3.92. The lowest BCUT2D eigenvalue weighted by Gasteiger charge is -2.43. The second kappa shape index (κ2) is 7.84. The number of nitrogens with zero attached hydrogens (tertiary/aromatic N) is 3. The molecule has 34 heavy (non-hydrogen) atoms. The van der Waals surface area contributed by atoms with Gasteiger partial charge < -0.3 is 24.5 Å². The average Bonchev–Trinajstić information content (AvgIpc) is 3.35. The van der Waals surface area contributed by atoms with Crippen molar-refractivity contribution in [1.29, 1.82) is 0 Å². The minimum Gasteiger partial charge on any atom is -0.457 e. The van der Waals surface area contributed by atoms with E-state index in [0.717, 1.165) is 0 Å². The SMILES string of the molecule is CNC(=O)c1c(C)oc2c(F)c(Oc3ccnn4cc(C(=O)N5C[C@@H](O)[C@H]5C)c(C)c34)ccc12. The molecule has 2 N–H and O–H groups in total. The minimum atomic E-state index is -0.741. The van der Waals surface area contributed by atoms with Crippen LogP contribution in [0.1, 0.15) is 39.0 Å². The quantitative estimate of drug-likeness (QED) is 0.478. The molecule has 3 aromatic heterocycles. The number of rotatable bonds is 4. The number of fused-ring (bicyclic) bond motifs is 2. The lowest BCUT2D eigenvalue weighted by atomic mass is 9.99. The summed E-state index contributed by atoms with van der Waals surface area (Å²) in [5.74, 6) is -0.818. The van der Waals surface area contributed by atoms with Crippen LogP contribution in [-0.2, 0) is 0 Å². The predicted octanol–water partition coefficient (Wildman–Crippen LogP) is 3.19. The number of β-amino-alcohol motifs (C(OH)–C–C–N with tert-alkyl or cyclic N) is 1. The molecule has 9 nitrogen and oxygen atoms in total. The molecular weight excluding hydrogens is 443 g/mol. The van der Waals surface area contributed by atoms with Crippen molar-refractivity contribution in [2.75, 3.05) is 13.6 Å². The number of amides is 2. The highest BCUT2D eigenvalue weighted by atomic mass is 19.1. The van der Waals surface area contributed by atoms with Crippen LogP contribution in [0.25, 0.3) is 16.5 Å². The van der Waals surface area contributed by atoms with E-state index in [1.54, 1.807) is 44.0 Å². The predicted molar refractivity (Wildman–Crippen MR) is 121 cm³/mol. The largest absolute Gasteiger partial charge is 0.457 e. The summed E-state index contributed by atoms with van der Waals surface area (Å²) in [6.07, 6.45) is 2.55. The smallest absolute Gasteiger partial charge is 0.256 e. The van der Waals surface area contributed by atoms with E-state index >= 15 is 4.39 Å². The topological polar surface area (TPSA) is 109 Å². The summed E-state index contributed by atoms with van der Waals surface area (Å²) in [7, 11) is 1.49. The van der Waals surface area contributed by atoms with Gasteiger partial charge in [0.05, 0.1) is 29.5 Å². The van der Waals surface area contributed by atoms with E-state index in [-0.39, 0.29) is 41.3 Å². The van der Waals surface area contributed by atoms with E-state index in [9.17, 15) is 14.7 Å². The van der Waals surface area contributed by atoms with Crippen LogP contribution < -0.4 is 10.1 Å². The van der Waals surface area contributed by atoms with Crippen LogP contribution in [0, 0.1) is 19.7 Å². The van der Waals surface area contributed by atoms with Crippen molar-refractivity contribution in [3.8, 4) is 11.5 Å². The van der Waals surface area contributed by atoms with Crippen LogP contribution in [0.15, 0.2) is 35.0 Å². The zero-order valence-corrected chi connectivity index (χ0v) is 19.0. The summed E-state index contributed by atoms with van der Waals surface area (Å²) in [4.78, 5) is 26.7. The van der Waals surface area contributed by atoms with Crippen LogP contribution in [0.5, 0.6) is 11.5 Å². The molecule has 0 spiro atoms. The Morgan fingerprint density at radius 3 is 2.71 bits per heavy atom. The number of aromatic nitrogens is 2. The van der Waals surface area contributed by atoms with Crippen molar-refractivity contribution in [3.63, 3.8) is 0 Å². The molecule has 0 unspecified atom stereocenters. The zero-order chi connectivity index (χ0) is 24.3. The first kappa shape index (κ1) is 21.9. The van der Waals surface area contributed by atoms with Gasteiger partial charge in [-0.15, -0.1) is 0 Å². The van der Waals surface area contributed by atoms with Gasteiger partial charge in [0.25, 0.3) is 11.8 Å². The minimum absolute atomic E-state index is 0.0769. The van der Waals surface area contributed by atoms with Gasteiger partial charge in [0, 0.05) is 31.2 Å². The van der Waals surface area contributed by atoms with Gasteiger partial charge in [0.15, 0.2) is 17.1 Å². The first-order chi connectivity index (χ1) is 16.2. The van der Waals surface area contributed by atoms with E-state index in [1.165, 1.54) is 23.8 Å². The lowest BCUT2D eigenvalue weighted by Crippen LogP contribution is -2.60. The summed E-state index contributed by atoms with van der Waals surface area (Å²) in [6.45, 7) is 5.42. The molecule has 176 valence electrons. The Bertz CT molecular complexity index is 1470. The van der Waals surface area contributed by atoms with Gasteiger partial charge in [-0.2, -0.15) is 9.49 Å². The van der Waals surface area contributed by atoms with E-state index in [4.69, 9.17) is 9.15 Å². The number of furan rings is 1. The molecule has 1 fully saturated rings. The van der Waals surface area contributed by atoms with Gasteiger partial charge in [-0.1, -0.05) is 0 Å². The molecule has 4 aromatic rings. The number of hydrogen-bond donors (Lipinski definition) is 2. The Morgan fingerprint density at radius 2 is 2.03 bits per heavy atom. The van der Waals surface area contributed by atoms with Crippen molar-refractivity contribution >= 4 is 28.3 Å². The van der Waals surface area contributed by atoms with Gasteiger partial charge in [0.1, 0.15) is 11.3 Å². The number of halogens is 1. The maximum absolute atomic E-state index is 15.3. The normalized spacial score (nSPS) is 17.8. The zero-order valence-electron chi connectivity index (χ0n) is 19.0. The number of hydrogen-bond acceptors (Lipinski definition) is 6. The third-order valence-corrected chi connectivity index (χ3v) is 6.43. The molecule has 0 radical (unpaired) electrons. The van der Waals surface area contributed by atoms with Crippen LogP contribution >= 0.6 is 0 Å². The number of ether oxygens (including phenoxy) is 1. The number of carbonyl (C=O) groups excluding carboxylic acids is 2. The Kier molecular flexibility index (Phi) is 5.05. The number of carbonyl (C=O) groups is 2. The van der Waals surface area contributed by atoms with Crippen molar-refractivity contribution in [2.45, 2.75) is 32.9 Å². The molecule has 0 saturated carbocycles. The summed E-state index contributed by atoms with van der Waals surface area (Å²) in [5, 5.41) is 16.9. The first-order valence-corrected chi connectivity index (χ1v) is 10.8. The Morgan fingerprint density at radius 1 is 1.26 bits per heavy atom. The summed E-state index contributed by atoms with van der Waals surface area (Å²) >= 11 is 0. The number of benzene rings is 1. The van der Waals surface area contributed by atoms with Crippen molar-refractivity contribution < 1.29 is 28.2 Å². The molecule has 4 heterocycles. The highest BCUT2D eigenvalue weighted by molar-refractivity contribution is 6.07. The van der Waals surface area contributed by atoms with Crippen molar-refractivity contribution in [3.05, 3.63) is 58.9 Å². The molecule has 1 saturated heterocycles. The number of aliphatic hydroxyl groups excluding tert-OH is 1. The van der Waals surface area contributed by atoms with E-state index in [2.05, 4.69) is 10.4 Å². The standard InChI is InChI=1S/C24H23FN4O5/c1-11-15(24(32)28-10-16(30)12(28)2)9-29-21(11)18(7-8-27-29)34-17-6-5-14-19(23(31)26-4)13(3)33-22(14)20(17)25/h5-9,12,16,30H,10H2,1-4H3,(H,26,31)/t12-,16-/m1/s1. The van der Waals surface area contributed by atoms with Crippen LogP contribution in [0.2, 0.25) is 0 Å². The highest BCUT2D eigenvalue weighted by Crippen LogP contribution is 2.37. The van der Waals surface area contributed by atoms with Gasteiger partial charge in [-0.05, 0) is 38.5 Å². The summed E-state index contributed by atoms with van der Waals surface area (Å²) in [6, 6.07) is 4.32. The van der Waals surface area contributed by atoms with E-state index in [0.29, 0.717) is 33.5 Å². The Balaban J connectivity index is 1.54. The molecule has 1 aliphatic rings. The number of nitrogens with one attached hydrogen (secondary N) is 1. The maximum Gasteiger partial charge on any atom is 0.256 e. The summed E-state index contributed by atoms with van der Waals surface area (Å²) < 4.78 is 28.3. The monoisotopic (exact) mass is 466 g/mol. The van der Waals surface area contributed by atoms with Gasteiger partial charge in [-0.3, -0.25) is 9.59 Å². The number of aliphatic hydroxyl groups is 1. The summed E-state index contributed by atoms with van der Waals surface area (Å²) in [5.41, 5.74) is 1.76. The van der Waals surface area contributed by atoms with E-state index in [1.807, 2.05) is 0 Å². The lowest BCUT2D eigenvalue weighted by molar-refractivity contribution is -0.0357. The highest BCUT2D eigenvalue weighted by Gasteiger charge is 2.38. The molecule has 5 rings (SSSR count). The Labute approximate surface area is 193 Å². The second-order valence-corrected chi connectivity index (χ2v) is 8.39. The average molecular weight is 466 g/mol. The fourth-order valence-electron chi connectivity index (χ4n) is 4.37. The fraction of sp³-hybridized carbons (Fsp3) is 0.292. The molecule has 2 atom stereocenters. The maximum atomic E-state index is 15.3. The first-order valence-electron chi connectivity index (χ1n) is 10.8. The van der Waals surface area contributed by atoms with Crippen molar-refractivity contribution in [2.24, 2.45) is 0 Å². The molecule has 10 heteroatoms. The van der Waals surface area contributed by atoms with Crippen LogP contribution in [0.3, 0.4) is 0 Å². The second-order valence-electron chi connectivity index (χ2n) is 8.39. The van der Waals surface area contributed by atoms with Crippen molar-refractivity contribution in [1.82, 2.24) is 19.8 Å². The molecule has 2 amide bonds. The van der Waals surface area contributed by atoms with Gasteiger partial charge in [0.2, 0.25) is 5.82 Å². The molecule has 1 aromatic carbocycles. The number of aryl methyl sites for hydroxylation is 2. The molecule has 0 aliphatic carbocycles. The van der Waals surface area contributed by atoms with Gasteiger partial charge >= 0.3 is 0 Å². The molecule has 0 bridgehead atoms. The van der Waals surface area contributed by atoms with E-state index < -0.39 is 11.9 Å². The molecular formula is C24H23FN4O5. The third-order valence-electron chi connectivity index (χ3n) is 6.43. The number of likely N-dealkylation sites (tertiary alicyclic amines) is 1. The molecule has 1 aliphatic heterocycles. The van der Waals surface area contributed by atoms with Crippen LogP contribution in [-0.4, -0.2) is 57.2 Å². The fourth-order valence-corrected chi connectivity index (χ4v) is 4.37.